The van der Waals surface area contributed by atoms with Crippen LogP contribution in [0.3, 0.4) is 0 Å². The molecular weight excluding hydrogens is 502 g/mol. The number of carboxylic acid groups (broad SMARTS) is 1. The Kier molecular flexibility index (Phi) is 7.58. The standard InChI is InChI=1S/C27H37N7O3S/c1-17-24-25(29-20-2-4-21(5-3-20)33-10-6-19(7-11-33)27(35)36)30-23(31-26(24)38-32-17)14-18-15-28-34(16-18)22-8-12-37-13-9-22/h15-16,19-22H,2-14H2,1H3,(H,35,36)(H,29,30,31). The van der Waals surface area contributed by atoms with Crippen LogP contribution >= 0.6 is 11.5 Å². The normalized spacial score (nSPS) is 24.1. The first-order valence-electron chi connectivity index (χ1n) is 14.0. The number of fused-ring (bicyclic) bond motifs is 1. The Balaban J connectivity index is 1.11. The van der Waals surface area contributed by atoms with Gasteiger partial charge in [0, 0.05) is 37.9 Å². The average molecular weight is 540 g/mol. The first kappa shape index (κ1) is 25.6. The molecule has 204 valence electrons. The number of carbonyl (C=O) groups is 1. The summed E-state index contributed by atoms with van der Waals surface area (Å²) in [5.74, 6) is 0.890. The summed E-state index contributed by atoms with van der Waals surface area (Å²) in [5.41, 5.74) is 2.09. The molecule has 3 aliphatic rings. The first-order chi connectivity index (χ1) is 18.5. The van der Waals surface area contributed by atoms with Gasteiger partial charge in [-0.05, 0) is 88.5 Å². The van der Waals surface area contributed by atoms with Crippen molar-refractivity contribution in [2.45, 2.75) is 82.8 Å². The monoisotopic (exact) mass is 539 g/mol. The molecule has 0 unspecified atom stereocenters. The molecule has 6 rings (SSSR count). The molecule has 3 aromatic rings. The van der Waals surface area contributed by atoms with Gasteiger partial charge >= 0.3 is 5.97 Å². The number of nitrogens with one attached hydrogen (secondary N) is 1. The number of likely N-dealkylation sites (tertiary alicyclic amines) is 1. The molecule has 3 aromatic heterocycles. The van der Waals surface area contributed by atoms with Crippen LogP contribution in [0.1, 0.15) is 74.5 Å². The smallest absolute Gasteiger partial charge is 0.306 e. The van der Waals surface area contributed by atoms with Crippen LogP contribution < -0.4 is 5.32 Å². The first-order valence-corrected chi connectivity index (χ1v) is 14.8. The van der Waals surface area contributed by atoms with E-state index >= 15 is 0 Å². The fourth-order valence-electron chi connectivity index (χ4n) is 6.31. The van der Waals surface area contributed by atoms with Crippen molar-refractivity contribution in [3.8, 4) is 0 Å². The van der Waals surface area contributed by atoms with Crippen LogP contribution in [-0.2, 0) is 16.0 Å². The quantitative estimate of drug-likeness (QED) is 0.458. The van der Waals surface area contributed by atoms with Gasteiger partial charge in [-0.25, -0.2) is 9.97 Å². The number of nitrogens with zero attached hydrogens (tertiary/aromatic N) is 6. The van der Waals surface area contributed by atoms with E-state index in [2.05, 4.69) is 30.6 Å². The van der Waals surface area contributed by atoms with E-state index in [-0.39, 0.29) is 5.92 Å². The predicted octanol–water partition coefficient (Wildman–Crippen LogP) is 4.05. The molecule has 0 amide bonds. The lowest BCUT2D eigenvalue weighted by atomic mass is 9.87. The number of aromatic nitrogens is 5. The highest BCUT2D eigenvalue weighted by Gasteiger charge is 2.31. The van der Waals surface area contributed by atoms with E-state index < -0.39 is 5.97 Å². The molecule has 0 spiro atoms. The summed E-state index contributed by atoms with van der Waals surface area (Å²) in [6.07, 6.45) is 12.7. The van der Waals surface area contributed by atoms with Gasteiger partial charge in [0.1, 0.15) is 16.5 Å². The lowest BCUT2D eigenvalue weighted by Crippen LogP contribution is -2.45. The molecule has 0 radical (unpaired) electrons. The number of carboxylic acids is 1. The summed E-state index contributed by atoms with van der Waals surface area (Å²) < 4.78 is 12.2. The van der Waals surface area contributed by atoms with Crippen molar-refractivity contribution < 1.29 is 14.6 Å². The molecule has 1 aliphatic carbocycles. The van der Waals surface area contributed by atoms with E-state index in [1.54, 1.807) is 0 Å². The van der Waals surface area contributed by atoms with Crippen molar-refractivity contribution >= 4 is 33.5 Å². The van der Waals surface area contributed by atoms with E-state index in [1.807, 2.05) is 13.1 Å². The lowest BCUT2D eigenvalue weighted by molar-refractivity contribution is -0.143. The number of aliphatic carboxylic acids is 1. The molecule has 0 atom stereocenters. The summed E-state index contributed by atoms with van der Waals surface area (Å²) in [5, 5.41) is 18.7. The summed E-state index contributed by atoms with van der Waals surface area (Å²) in [6.45, 7) is 5.43. The minimum atomic E-state index is -0.639. The van der Waals surface area contributed by atoms with Gasteiger partial charge in [0.2, 0.25) is 0 Å². The van der Waals surface area contributed by atoms with Crippen LogP contribution in [0.5, 0.6) is 0 Å². The number of anilines is 1. The molecule has 1 saturated carbocycles. The van der Waals surface area contributed by atoms with Crippen LogP contribution in [-0.4, -0.2) is 78.5 Å². The average Bonchev–Trinajstić information content (AvgIpc) is 3.56. The van der Waals surface area contributed by atoms with Gasteiger partial charge in [0.25, 0.3) is 0 Å². The summed E-state index contributed by atoms with van der Waals surface area (Å²) in [7, 11) is 0. The second-order valence-electron chi connectivity index (χ2n) is 11.1. The minimum Gasteiger partial charge on any atom is -0.481 e. The number of piperidine rings is 1. The van der Waals surface area contributed by atoms with E-state index in [1.165, 1.54) is 11.5 Å². The fraction of sp³-hybridized carbons (Fsp3) is 0.667. The fourth-order valence-corrected chi connectivity index (χ4v) is 7.10. The molecular formula is C27H37N7O3S. The van der Waals surface area contributed by atoms with Crippen molar-refractivity contribution in [1.82, 2.24) is 29.0 Å². The predicted molar refractivity (Wildman–Crippen MR) is 146 cm³/mol. The Hall–Kier alpha value is -2.63. The third-order valence-electron chi connectivity index (χ3n) is 8.57. The minimum absolute atomic E-state index is 0.169. The molecule has 10 nitrogen and oxygen atoms in total. The highest BCUT2D eigenvalue weighted by molar-refractivity contribution is 7.13. The van der Waals surface area contributed by atoms with Crippen molar-refractivity contribution in [2.75, 3.05) is 31.6 Å². The molecule has 5 heterocycles. The summed E-state index contributed by atoms with van der Waals surface area (Å²) in [6, 6.07) is 1.32. The Bertz CT molecular complexity index is 1250. The Morgan fingerprint density at radius 3 is 2.58 bits per heavy atom. The van der Waals surface area contributed by atoms with Crippen LogP contribution in [0.4, 0.5) is 5.82 Å². The molecule has 38 heavy (non-hydrogen) atoms. The van der Waals surface area contributed by atoms with Gasteiger partial charge in [-0.15, -0.1) is 0 Å². The van der Waals surface area contributed by atoms with Crippen molar-refractivity contribution in [3.63, 3.8) is 0 Å². The number of aryl methyl sites for hydroxylation is 1. The zero-order chi connectivity index (χ0) is 26.1. The summed E-state index contributed by atoms with van der Waals surface area (Å²) in [4.78, 5) is 24.6. The van der Waals surface area contributed by atoms with E-state index in [0.717, 1.165) is 111 Å². The van der Waals surface area contributed by atoms with Crippen molar-refractivity contribution in [3.05, 3.63) is 29.5 Å². The SMILES string of the molecule is Cc1nsc2nc(Cc3cnn(C4CCOCC4)c3)nc(NC3CCC(N4CCC(C(=O)O)CC4)CC3)c12. The molecule has 11 heteroatoms. The Labute approximate surface area is 227 Å². The molecule has 2 N–H and O–H groups in total. The molecule has 2 saturated heterocycles. The van der Waals surface area contributed by atoms with Crippen LogP contribution in [0.25, 0.3) is 10.2 Å². The third kappa shape index (κ3) is 5.55. The second-order valence-corrected chi connectivity index (χ2v) is 11.8. The topological polar surface area (TPSA) is 118 Å². The maximum absolute atomic E-state index is 11.3. The molecule has 2 aliphatic heterocycles. The highest BCUT2D eigenvalue weighted by Crippen LogP contribution is 2.32. The van der Waals surface area contributed by atoms with E-state index in [0.29, 0.717) is 24.5 Å². The largest absolute Gasteiger partial charge is 0.481 e. The Morgan fingerprint density at radius 2 is 1.84 bits per heavy atom. The van der Waals surface area contributed by atoms with Gasteiger partial charge in [-0.2, -0.15) is 9.47 Å². The number of ether oxygens (including phenoxy) is 1. The van der Waals surface area contributed by atoms with Gasteiger partial charge in [0.05, 0.1) is 29.2 Å². The van der Waals surface area contributed by atoms with Crippen molar-refractivity contribution in [2.24, 2.45) is 5.92 Å². The van der Waals surface area contributed by atoms with Gasteiger partial charge < -0.3 is 20.1 Å². The number of hydrogen-bond acceptors (Lipinski definition) is 9. The lowest BCUT2D eigenvalue weighted by Gasteiger charge is -2.40. The number of rotatable bonds is 7. The summed E-state index contributed by atoms with van der Waals surface area (Å²) >= 11 is 1.44. The van der Waals surface area contributed by atoms with Gasteiger partial charge in [-0.1, -0.05) is 0 Å². The zero-order valence-electron chi connectivity index (χ0n) is 22.0. The maximum atomic E-state index is 11.3. The van der Waals surface area contributed by atoms with E-state index in [4.69, 9.17) is 14.7 Å². The van der Waals surface area contributed by atoms with Crippen LogP contribution in [0.2, 0.25) is 0 Å². The van der Waals surface area contributed by atoms with E-state index in [9.17, 15) is 9.90 Å². The van der Waals surface area contributed by atoms with Crippen molar-refractivity contribution in [1.29, 1.82) is 0 Å². The number of hydrogen-bond donors (Lipinski definition) is 2. The highest BCUT2D eigenvalue weighted by atomic mass is 32.1. The van der Waals surface area contributed by atoms with Crippen LogP contribution in [0.15, 0.2) is 12.4 Å². The zero-order valence-corrected chi connectivity index (χ0v) is 22.8. The molecule has 0 bridgehead atoms. The van der Waals surface area contributed by atoms with Crippen LogP contribution in [0, 0.1) is 12.8 Å². The molecule has 3 fully saturated rings. The van der Waals surface area contributed by atoms with Gasteiger partial charge in [0.15, 0.2) is 0 Å². The third-order valence-corrected chi connectivity index (χ3v) is 9.40. The maximum Gasteiger partial charge on any atom is 0.306 e. The second kappa shape index (κ2) is 11.2. The Morgan fingerprint density at radius 1 is 1.08 bits per heavy atom. The molecule has 0 aromatic carbocycles. The van der Waals surface area contributed by atoms with Gasteiger partial charge in [-0.3, -0.25) is 9.48 Å².